The van der Waals surface area contributed by atoms with Crippen LogP contribution in [0, 0.1) is 0 Å². The highest BCUT2D eigenvalue weighted by molar-refractivity contribution is 5.72. The number of methoxy groups -OCH3 is 1. The lowest BCUT2D eigenvalue weighted by Gasteiger charge is -2.09. The molecule has 0 unspecified atom stereocenters. The number of ether oxygens (including phenoxy) is 1. The lowest BCUT2D eigenvalue weighted by Crippen LogP contribution is -2.01. The van der Waals surface area contributed by atoms with Gasteiger partial charge in [-0.2, -0.15) is 5.10 Å². The van der Waals surface area contributed by atoms with Gasteiger partial charge >= 0.3 is 0 Å². The molecular formula is C14H20N4O. The molecule has 5 heteroatoms. The minimum atomic E-state index is 0.298. The van der Waals surface area contributed by atoms with Gasteiger partial charge < -0.3 is 15.8 Å². The average molecular weight is 260 g/mol. The molecule has 0 aliphatic carbocycles. The van der Waals surface area contributed by atoms with Gasteiger partial charge in [0.2, 0.25) is 0 Å². The van der Waals surface area contributed by atoms with Crippen LogP contribution in [0.1, 0.15) is 25.5 Å². The molecule has 0 atom stereocenters. The van der Waals surface area contributed by atoms with E-state index in [9.17, 15) is 0 Å². The van der Waals surface area contributed by atoms with Crippen molar-refractivity contribution in [2.24, 2.45) is 7.05 Å². The van der Waals surface area contributed by atoms with Crippen molar-refractivity contribution in [3.05, 3.63) is 30.0 Å². The number of aromatic nitrogens is 2. The molecule has 5 nitrogen and oxygen atoms in total. The van der Waals surface area contributed by atoms with Crippen LogP contribution in [0.25, 0.3) is 0 Å². The van der Waals surface area contributed by atoms with Gasteiger partial charge in [-0.05, 0) is 18.1 Å². The number of nitrogens with two attached hydrogens (primary N) is 1. The molecule has 2 aromatic rings. The van der Waals surface area contributed by atoms with Gasteiger partial charge in [-0.1, -0.05) is 19.9 Å². The summed E-state index contributed by atoms with van der Waals surface area (Å²) in [4.78, 5) is 0. The smallest absolute Gasteiger partial charge is 0.152 e. The number of benzene rings is 1. The standard InChI is InChI=1S/C14H20N4O/c1-9(2)13-12(15)14(18(3)17-13)16-10-6-5-7-11(8-10)19-4/h5-9,16H,15H2,1-4H3. The molecule has 0 bridgehead atoms. The summed E-state index contributed by atoms with van der Waals surface area (Å²) < 4.78 is 6.97. The van der Waals surface area contributed by atoms with E-state index in [1.165, 1.54) is 0 Å². The van der Waals surface area contributed by atoms with Crippen molar-refractivity contribution in [3.63, 3.8) is 0 Å². The Balaban J connectivity index is 2.32. The summed E-state index contributed by atoms with van der Waals surface area (Å²) in [6.45, 7) is 4.15. The first-order valence-corrected chi connectivity index (χ1v) is 6.26. The molecular weight excluding hydrogens is 240 g/mol. The summed E-state index contributed by atoms with van der Waals surface area (Å²) >= 11 is 0. The number of rotatable bonds is 4. The second kappa shape index (κ2) is 5.22. The number of nitrogen functional groups attached to an aromatic ring is 1. The monoisotopic (exact) mass is 260 g/mol. The number of hydrogen-bond donors (Lipinski definition) is 2. The number of anilines is 3. The first-order valence-electron chi connectivity index (χ1n) is 6.26. The summed E-state index contributed by atoms with van der Waals surface area (Å²) in [7, 11) is 3.53. The second-order valence-electron chi connectivity index (χ2n) is 4.78. The molecule has 0 fully saturated rings. The number of nitrogens with one attached hydrogen (secondary N) is 1. The van der Waals surface area contributed by atoms with Gasteiger partial charge in [0.25, 0.3) is 0 Å². The Hall–Kier alpha value is -2.17. The molecule has 3 N–H and O–H groups in total. The lowest BCUT2D eigenvalue weighted by atomic mass is 10.1. The van der Waals surface area contributed by atoms with Crippen LogP contribution in [0.5, 0.6) is 5.75 Å². The molecule has 19 heavy (non-hydrogen) atoms. The predicted molar refractivity (Wildman–Crippen MR) is 78.0 cm³/mol. The minimum absolute atomic E-state index is 0.298. The van der Waals surface area contributed by atoms with Crippen LogP contribution in [-0.4, -0.2) is 16.9 Å². The maximum Gasteiger partial charge on any atom is 0.152 e. The maximum atomic E-state index is 6.15. The summed E-state index contributed by atoms with van der Waals surface area (Å²) in [5.41, 5.74) is 8.67. The summed E-state index contributed by atoms with van der Waals surface area (Å²) in [6.07, 6.45) is 0. The highest BCUT2D eigenvalue weighted by atomic mass is 16.5. The molecule has 0 spiro atoms. The van der Waals surface area contributed by atoms with Crippen LogP contribution >= 0.6 is 0 Å². The highest BCUT2D eigenvalue weighted by Gasteiger charge is 2.15. The Kier molecular flexibility index (Phi) is 3.64. The molecule has 102 valence electrons. The highest BCUT2D eigenvalue weighted by Crippen LogP contribution is 2.30. The van der Waals surface area contributed by atoms with E-state index in [4.69, 9.17) is 10.5 Å². The SMILES string of the molecule is COc1cccc(Nc2c(N)c(C(C)C)nn2C)c1. The van der Waals surface area contributed by atoms with Crippen molar-refractivity contribution in [1.29, 1.82) is 0 Å². The van der Waals surface area contributed by atoms with E-state index in [0.29, 0.717) is 11.6 Å². The van der Waals surface area contributed by atoms with Gasteiger partial charge in [0.1, 0.15) is 5.75 Å². The molecule has 0 radical (unpaired) electrons. The van der Waals surface area contributed by atoms with Crippen LogP contribution in [0.4, 0.5) is 17.2 Å². The van der Waals surface area contributed by atoms with Crippen molar-refractivity contribution < 1.29 is 4.74 Å². The largest absolute Gasteiger partial charge is 0.497 e. The van der Waals surface area contributed by atoms with E-state index in [1.807, 2.05) is 31.3 Å². The second-order valence-corrected chi connectivity index (χ2v) is 4.78. The minimum Gasteiger partial charge on any atom is -0.497 e. The number of aryl methyl sites for hydroxylation is 1. The van der Waals surface area contributed by atoms with Crippen molar-refractivity contribution >= 4 is 17.2 Å². The Labute approximate surface area is 113 Å². The van der Waals surface area contributed by atoms with Gasteiger partial charge in [-0.3, -0.25) is 4.68 Å². The normalized spacial score (nSPS) is 10.8. The van der Waals surface area contributed by atoms with Gasteiger partial charge in [0.15, 0.2) is 5.82 Å². The van der Waals surface area contributed by atoms with Crippen LogP contribution in [0.2, 0.25) is 0 Å². The van der Waals surface area contributed by atoms with Crippen molar-refractivity contribution in [3.8, 4) is 5.75 Å². The fraction of sp³-hybridized carbons (Fsp3) is 0.357. The van der Waals surface area contributed by atoms with Crippen molar-refractivity contribution in [1.82, 2.24) is 9.78 Å². The Bertz CT molecular complexity index is 575. The molecule has 1 aromatic heterocycles. The van der Waals surface area contributed by atoms with E-state index in [0.717, 1.165) is 22.9 Å². The maximum absolute atomic E-state index is 6.15. The summed E-state index contributed by atoms with van der Waals surface area (Å²) in [6, 6.07) is 7.71. The quantitative estimate of drug-likeness (QED) is 0.887. The van der Waals surface area contributed by atoms with E-state index in [2.05, 4.69) is 24.3 Å². The van der Waals surface area contributed by atoms with E-state index >= 15 is 0 Å². The Morgan fingerprint density at radius 3 is 2.68 bits per heavy atom. The third-order valence-corrected chi connectivity index (χ3v) is 2.99. The molecule has 0 amide bonds. The topological polar surface area (TPSA) is 65.1 Å². The van der Waals surface area contributed by atoms with Crippen LogP contribution in [-0.2, 0) is 7.05 Å². The molecule has 2 rings (SSSR count). The summed E-state index contributed by atoms with van der Waals surface area (Å²) in [5.74, 6) is 1.90. The number of nitrogens with zero attached hydrogens (tertiary/aromatic N) is 2. The first kappa shape index (κ1) is 13.3. The zero-order valence-corrected chi connectivity index (χ0v) is 11.8. The van der Waals surface area contributed by atoms with Gasteiger partial charge in [0, 0.05) is 18.8 Å². The Morgan fingerprint density at radius 1 is 1.37 bits per heavy atom. The van der Waals surface area contributed by atoms with E-state index in [-0.39, 0.29) is 0 Å². The van der Waals surface area contributed by atoms with Crippen molar-refractivity contribution in [2.75, 3.05) is 18.2 Å². The Morgan fingerprint density at radius 2 is 2.11 bits per heavy atom. The third-order valence-electron chi connectivity index (χ3n) is 2.99. The van der Waals surface area contributed by atoms with E-state index < -0.39 is 0 Å². The van der Waals surface area contributed by atoms with Crippen LogP contribution in [0.3, 0.4) is 0 Å². The van der Waals surface area contributed by atoms with Gasteiger partial charge in [-0.15, -0.1) is 0 Å². The first-order chi connectivity index (χ1) is 9.02. The molecule has 1 aromatic carbocycles. The summed E-state index contributed by atoms with van der Waals surface area (Å²) in [5, 5.41) is 7.73. The van der Waals surface area contributed by atoms with Gasteiger partial charge in [0.05, 0.1) is 18.5 Å². The average Bonchev–Trinajstić information content (AvgIpc) is 2.67. The molecule has 0 saturated heterocycles. The predicted octanol–water partition coefficient (Wildman–Crippen LogP) is 2.88. The zero-order valence-electron chi connectivity index (χ0n) is 11.8. The fourth-order valence-corrected chi connectivity index (χ4v) is 1.97. The lowest BCUT2D eigenvalue weighted by molar-refractivity contribution is 0.415. The molecule has 1 heterocycles. The molecule has 0 saturated carbocycles. The van der Waals surface area contributed by atoms with Gasteiger partial charge in [-0.25, -0.2) is 0 Å². The molecule has 0 aliphatic heterocycles. The van der Waals surface area contributed by atoms with Crippen LogP contribution in [0.15, 0.2) is 24.3 Å². The van der Waals surface area contributed by atoms with E-state index in [1.54, 1.807) is 11.8 Å². The number of hydrogen-bond acceptors (Lipinski definition) is 4. The van der Waals surface area contributed by atoms with Crippen LogP contribution < -0.4 is 15.8 Å². The zero-order chi connectivity index (χ0) is 14.0. The fourth-order valence-electron chi connectivity index (χ4n) is 1.97. The third kappa shape index (κ3) is 2.65. The van der Waals surface area contributed by atoms with Crippen molar-refractivity contribution in [2.45, 2.75) is 19.8 Å². The molecule has 0 aliphatic rings.